The summed E-state index contributed by atoms with van der Waals surface area (Å²) in [5.41, 5.74) is 1.34. The Hall–Kier alpha value is -3.33. The topological polar surface area (TPSA) is 77.5 Å². The summed E-state index contributed by atoms with van der Waals surface area (Å²) in [6.45, 7) is 5.04. The normalized spacial score (nSPS) is 19.1. The minimum absolute atomic E-state index is 0.0452. The summed E-state index contributed by atoms with van der Waals surface area (Å²) < 4.78 is 17.5. The molecule has 10 heteroatoms. The van der Waals surface area contributed by atoms with Crippen LogP contribution in [-0.4, -0.2) is 40.8 Å². The fourth-order valence-electron chi connectivity index (χ4n) is 5.04. The maximum atomic E-state index is 13.7. The number of anilines is 1. The van der Waals surface area contributed by atoms with E-state index < -0.39 is 5.82 Å². The van der Waals surface area contributed by atoms with Crippen LogP contribution in [0.15, 0.2) is 36.8 Å². The summed E-state index contributed by atoms with van der Waals surface area (Å²) in [6, 6.07) is 4.54. The first kappa shape index (κ1) is 19.4. The third-order valence-corrected chi connectivity index (χ3v) is 6.87. The molecule has 0 spiro atoms. The van der Waals surface area contributed by atoms with Gasteiger partial charge < -0.3 is 4.90 Å². The summed E-state index contributed by atoms with van der Waals surface area (Å²) in [7, 11) is 0. The predicted octanol–water partition coefficient (Wildman–Crippen LogP) is 4.23. The van der Waals surface area contributed by atoms with Gasteiger partial charge in [0.25, 0.3) is 0 Å². The summed E-state index contributed by atoms with van der Waals surface area (Å²) in [5.74, 6) is 3.25. The van der Waals surface area contributed by atoms with Gasteiger partial charge in [-0.25, -0.2) is 14.4 Å². The number of benzene rings is 1. The smallest absolute Gasteiger partial charge is 0.237 e. The Morgan fingerprint density at radius 1 is 1.22 bits per heavy atom. The molecule has 1 atom stereocenters. The van der Waals surface area contributed by atoms with Crippen LogP contribution in [0.3, 0.4) is 0 Å². The molecule has 0 radical (unpaired) electrons. The van der Waals surface area contributed by atoms with Crippen LogP contribution in [0, 0.1) is 12.7 Å². The van der Waals surface area contributed by atoms with E-state index in [1.807, 2.05) is 13.1 Å². The molecule has 0 N–H and O–H groups in total. The molecule has 4 aromatic rings. The van der Waals surface area contributed by atoms with Gasteiger partial charge in [-0.05, 0) is 44.4 Å². The van der Waals surface area contributed by atoms with E-state index in [4.69, 9.17) is 16.6 Å². The lowest BCUT2D eigenvalue weighted by Gasteiger charge is -2.42. The molecule has 1 aromatic carbocycles. The predicted molar refractivity (Wildman–Crippen MR) is 118 cm³/mol. The number of imidazole rings is 1. The van der Waals surface area contributed by atoms with E-state index in [9.17, 15) is 4.39 Å². The van der Waals surface area contributed by atoms with Crippen molar-refractivity contribution in [2.24, 2.45) is 0 Å². The second-order valence-electron chi connectivity index (χ2n) is 8.18. The molecule has 1 fully saturated rings. The highest BCUT2D eigenvalue weighted by Gasteiger charge is 2.50. The SMILES string of the molecule is CCC12CCCN1c1nc(-n3ccnc3-c3ccc(F)c(Cl)c3)ncc1-n1c(C)nnc12. The molecule has 2 aliphatic rings. The third kappa shape index (κ3) is 2.51. The molecular weight excluding hydrogens is 431 g/mol. The summed E-state index contributed by atoms with van der Waals surface area (Å²) >= 11 is 6.00. The van der Waals surface area contributed by atoms with Crippen LogP contribution in [0.4, 0.5) is 10.2 Å². The van der Waals surface area contributed by atoms with Crippen LogP contribution in [0.2, 0.25) is 5.02 Å². The maximum Gasteiger partial charge on any atom is 0.237 e. The van der Waals surface area contributed by atoms with E-state index in [-0.39, 0.29) is 10.6 Å². The van der Waals surface area contributed by atoms with Crippen LogP contribution in [-0.2, 0) is 5.54 Å². The molecule has 1 saturated heterocycles. The van der Waals surface area contributed by atoms with Gasteiger partial charge in [-0.1, -0.05) is 18.5 Å². The highest BCUT2D eigenvalue weighted by molar-refractivity contribution is 6.31. The second kappa shape index (κ2) is 6.83. The molecule has 0 aliphatic carbocycles. The Morgan fingerprint density at radius 3 is 2.91 bits per heavy atom. The number of aromatic nitrogens is 7. The molecule has 3 aromatic heterocycles. The quantitative estimate of drug-likeness (QED) is 0.465. The molecule has 6 rings (SSSR count). The zero-order chi connectivity index (χ0) is 22.0. The highest BCUT2D eigenvalue weighted by atomic mass is 35.5. The number of hydrogen-bond acceptors (Lipinski definition) is 6. The Labute approximate surface area is 188 Å². The van der Waals surface area contributed by atoms with Crippen molar-refractivity contribution in [1.82, 2.24) is 34.3 Å². The first-order chi connectivity index (χ1) is 15.5. The molecule has 8 nitrogen and oxygen atoms in total. The van der Waals surface area contributed by atoms with Crippen LogP contribution >= 0.6 is 11.6 Å². The molecule has 0 saturated carbocycles. The van der Waals surface area contributed by atoms with E-state index in [2.05, 4.69) is 36.6 Å². The minimum Gasteiger partial charge on any atom is -0.342 e. The number of hydrogen-bond donors (Lipinski definition) is 0. The molecule has 0 amide bonds. The van der Waals surface area contributed by atoms with E-state index >= 15 is 0 Å². The third-order valence-electron chi connectivity index (χ3n) is 6.58. The lowest BCUT2D eigenvalue weighted by atomic mass is 9.90. The Balaban J connectivity index is 1.53. The summed E-state index contributed by atoms with van der Waals surface area (Å²) in [4.78, 5) is 16.4. The van der Waals surface area contributed by atoms with Crippen molar-refractivity contribution in [1.29, 1.82) is 0 Å². The molecule has 32 heavy (non-hydrogen) atoms. The zero-order valence-electron chi connectivity index (χ0n) is 17.6. The van der Waals surface area contributed by atoms with Gasteiger partial charge in [0.15, 0.2) is 11.6 Å². The van der Waals surface area contributed by atoms with Gasteiger partial charge in [0.05, 0.1) is 11.2 Å². The van der Waals surface area contributed by atoms with Crippen LogP contribution < -0.4 is 4.90 Å². The first-order valence-corrected chi connectivity index (χ1v) is 11.0. The van der Waals surface area contributed by atoms with Crippen molar-refractivity contribution in [2.75, 3.05) is 11.4 Å². The monoisotopic (exact) mass is 450 g/mol. The van der Waals surface area contributed by atoms with Crippen molar-refractivity contribution < 1.29 is 4.39 Å². The average molecular weight is 451 g/mol. The summed E-state index contributed by atoms with van der Waals surface area (Å²) in [6.07, 6.45) is 8.26. The lowest BCUT2D eigenvalue weighted by molar-refractivity contribution is 0.381. The van der Waals surface area contributed by atoms with Gasteiger partial charge in [-0.15, -0.1) is 10.2 Å². The van der Waals surface area contributed by atoms with Gasteiger partial charge in [0, 0.05) is 24.5 Å². The van der Waals surface area contributed by atoms with Crippen LogP contribution in [0.25, 0.3) is 23.0 Å². The van der Waals surface area contributed by atoms with E-state index in [1.54, 1.807) is 29.1 Å². The molecule has 0 bridgehead atoms. The maximum absolute atomic E-state index is 13.7. The zero-order valence-corrected chi connectivity index (χ0v) is 18.4. The molecule has 162 valence electrons. The van der Waals surface area contributed by atoms with Crippen molar-refractivity contribution in [3.63, 3.8) is 0 Å². The number of aryl methyl sites for hydroxylation is 1. The number of nitrogens with zero attached hydrogens (tertiary/aromatic N) is 8. The molecular formula is C22H20ClFN8. The van der Waals surface area contributed by atoms with Gasteiger partial charge in [0.1, 0.15) is 28.7 Å². The average Bonchev–Trinajstić information content (AvgIpc) is 3.54. The second-order valence-corrected chi connectivity index (χ2v) is 8.58. The van der Waals surface area contributed by atoms with E-state index in [0.717, 1.165) is 49.0 Å². The van der Waals surface area contributed by atoms with Crippen molar-refractivity contribution in [2.45, 2.75) is 38.6 Å². The number of halogens is 2. The van der Waals surface area contributed by atoms with Gasteiger partial charge in [-0.2, -0.15) is 4.98 Å². The van der Waals surface area contributed by atoms with E-state index in [0.29, 0.717) is 17.3 Å². The van der Waals surface area contributed by atoms with Gasteiger partial charge in [-0.3, -0.25) is 9.13 Å². The fraction of sp³-hybridized carbons (Fsp3) is 0.318. The highest BCUT2D eigenvalue weighted by Crippen LogP contribution is 2.49. The Bertz CT molecular complexity index is 1360. The Kier molecular flexibility index (Phi) is 4.13. The number of rotatable bonds is 3. The summed E-state index contributed by atoms with van der Waals surface area (Å²) in [5, 5.41) is 8.95. The van der Waals surface area contributed by atoms with Crippen LogP contribution in [0.5, 0.6) is 0 Å². The van der Waals surface area contributed by atoms with Crippen molar-refractivity contribution in [3.05, 3.63) is 59.3 Å². The largest absolute Gasteiger partial charge is 0.342 e. The van der Waals surface area contributed by atoms with Crippen molar-refractivity contribution in [3.8, 4) is 23.0 Å². The van der Waals surface area contributed by atoms with Crippen LogP contribution in [0.1, 0.15) is 37.8 Å². The van der Waals surface area contributed by atoms with E-state index in [1.165, 1.54) is 6.07 Å². The minimum atomic E-state index is -0.469. The van der Waals surface area contributed by atoms with Gasteiger partial charge in [0.2, 0.25) is 5.95 Å². The lowest BCUT2D eigenvalue weighted by Crippen LogP contribution is -2.47. The van der Waals surface area contributed by atoms with Crippen molar-refractivity contribution >= 4 is 17.4 Å². The van der Waals surface area contributed by atoms with Gasteiger partial charge >= 0.3 is 0 Å². The molecule has 2 aliphatic heterocycles. The number of fused-ring (bicyclic) bond motifs is 6. The first-order valence-electron chi connectivity index (χ1n) is 10.6. The standard InChI is InChI=1S/C22H20ClFN8/c1-3-22-7-4-9-31(22)19-17(32-13(2)28-29-20(22)32)12-26-21(27-19)30-10-8-25-18(30)14-5-6-16(24)15(23)11-14/h5-6,8,10-12H,3-4,7,9H2,1-2H3. The molecule has 1 unspecified atom stereocenters. The Morgan fingerprint density at radius 2 is 2.09 bits per heavy atom. The molecule has 5 heterocycles. The fourth-order valence-corrected chi connectivity index (χ4v) is 5.22.